The van der Waals surface area contributed by atoms with E-state index >= 15 is 0 Å². The Labute approximate surface area is 97.6 Å². The second kappa shape index (κ2) is 8.30. The zero-order chi connectivity index (χ0) is 11.6. The van der Waals surface area contributed by atoms with Crippen LogP contribution in [0.4, 0.5) is 0 Å². The number of rotatable bonds is 9. The predicted molar refractivity (Wildman–Crippen MR) is 62.2 cm³/mol. The summed E-state index contributed by atoms with van der Waals surface area (Å²) in [5.41, 5.74) is 0. The summed E-state index contributed by atoms with van der Waals surface area (Å²) in [6.07, 6.45) is 8.89. The van der Waals surface area contributed by atoms with Crippen LogP contribution < -0.4 is 0 Å². The first-order valence-electron chi connectivity index (χ1n) is 5.86. The van der Waals surface area contributed by atoms with E-state index in [0.717, 1.165) is 26.0 Å². The lowest BCUT2D eigenvalue weighted by atomic mass is 10.3. The van der Waals surface area contributed by atoms with E-state index < -0.39 is 0 Å². The second-order valence-corrected chi connectivity index (χ2v) is 3.98. The van der Waals surface area contributed by atoms with Crippen LogP contribution in [0.1, 0.15) is 26.7 Å². The summed E-state index contributed by atoms with van der Waals surface area (Å²) in [5, 5.41) is 0. The number of aromatic nitrogens is 2. The molecule has 4 heteroatoms. The van der Waals surface area contributed by atoms with Crippen LogP contribution in [0.15, 0.2) is 12.5 Å². The minimum Gasteiger partial charge on any atom is -0.379 e. The topological polar surface area (TPSA) is 36.3 Å². The third-order valence-electron chi connectivity index (χ3n) is 2.14. The Morgan fingerprint density at radius 3 is 2.81 bits per heavy atom. The van der Waals surface area contributed by atoms with Crippen molar-refractivity contribution in [2.45, 2.75) is 39.3 Å². The molecular formula is C12H21N2O2. The number of ether oxygens (including phenoxy) is 2. The molecule has 1 rings (SSSR count). The summed E-state index contributed by atoms with van der Waals surface area (Å²) < 4.78 is 12.8. The molecule has 0 aliphatic rings. The first kappa shape index (κ1) is 13.2. The normalized spacial score (nSPS) is 11.2. The summed E-state index contributed by atoms with van der Waals surface area (Å²) in [6.45, 7) is 7.23. The fourth-order valence-corrected chi connectivity index (χ4v) is 1.31. The predicted octanol–water partition coefficient (Wildman–Crippen LogP) is 1.91. The molecule has 1 aromatic rings. The Hall–Kier alpha value is -0.870. The molecule has 16 heavy (non-hydrogen) atoms. The zero-order valence-corrected chi connectivity index (χ0v) is 10.2. The van der Waals surface area contributed by atoms with Crippen LogP contribution in [-0.4, -0.2) is 35.5 Å². The first-order chi connectivity index (χ1) is 7.79. The maximum atomic E-state index is 5.45. The average Bonchev–Trinajstić information content (AvgIpc) is 2.74. The van der Waals surface area contributed by atoms with E-state index in [9.17, 15) is 0 Å². The third kappa shape index (κ3) is 6.58. The molecule has 4 nitrogen and oxygen atoms in total. The molecule has 0 N–H and O–H groups in total. The molecule has 0 saturated heterocycles. The Kier molecular flexibility index (Phi) is 6.85. The van der Waals surface area contributed by atoms with Crippen LogP contribution in [0.25, 0.3) is 0 Å². The van der Waals surface area contributed by atoms with Gasteiger partial charge in [-0.3, -0.25) is 0 Å². The van der Waals surface area contributed by atoms with Gasteiger partial charge in [0.1, 0.15) is 6.20 Å². The quantitative estimate of drug-likeness (QED) is 0.602. The maximum Gasteiger partial charge on any atom is 0.108 e. The van der Waals surface area contributed by atoms with Gasteiger partial charge < -0.3 is 14.0 Å². The second-order valence-electron chi connectivity index (χ2n) is 3.98. The summed E-state index contributed by atoms with van der Waals surface area (Å²) in [7, 11) is 0. The van der Waals surface area contributed by atoms with Crippen LogP contribution in [0.5, 0.6) is 0 Å². The van der Waals surface area contributed by atoms with Gasteiger partial charge in [-0.15, -0.1) is 0 Å². The molecule has 1 aromatic heterocycles. The monoisotopic (exact) mass is 225 g/mol. The van der Waals surface area contributed by atoms with Crippen molar-refractivity contribution in [1.29, 1.82) is 0 Å². The molecule has 1 radical (unpaired) electrons. The average molecular weight is 225 g/mol. The zero-order valence-electron chi connectivity index (χ0n) is 10.2. The molecule has 0 saturated carbocycles. The van der Waals surface area contributed by atoms with E-state index in [1.54, 1.807) is 6.33 Å². The van der Waals surface area contributed by atoms with Crippen molar-refractivity contribution in [2.24, 2.45) is 0 Å². The molecule has 0 aliphatic heterocycles. The van der Waals surface area contributed by atoms with Gasteiger partial charge in [0.25, 0.3) is 0 Å². The van der Waals surface area contributed by atoms with Crippen molar-refractivity contribution in [1.82, 2.24) is 9.55 Å². The van der Waals surface area contributed by atoms with Gasteiger partial charge in [-0.2, -0.15) is 0 Å². The molecule has 0 atom stereocenters. The Balaban J connectivity index is 1.82. The van der Waals surface area contributed by atoms with Gasteiger partial charge in [0.2, 0.25) is 0 Å². The Morgan fingerprint density at radius 1 is 1.25 bits per heavy atom. The lowest BCUT2D eigenvalue weighted by molar-refractivity contribution is 0.0186. The molecule has 0 unspecified atom stereocenters. The number of aryl methyl sites for hydroxylation is 1. The van der Waals surface area contributed by atoms with Gasteiger partial charge in [-0.25, -0.2) is 4.98 Å². The highest BCUT2D eigenvalue weighted by Crippen LogP contribution is 1.96. The Morgan fingerprint density at radius 2 is 2.12 bits per heavy atom. The molecule has 0 spiro atoms. The van der Waals surface area contributed by atoms with Crippen molar-refractivity contribution < 1.29 is 9.47 Å². The first-order valence-corrected chi connectivity index (χ1v) is 5.86. The standard InChI is InChI=1S/C12H21N2O2/c1-12(2)16-10-9-15-8-4-3-6-14-7-5-13-11-14/h7,11-12H,3-4,6,8-10H2,1-2H3. The highest BCUT2D eigenvalue weighted by Gasteiger charge is 1.94. The van der Waals surface area contributed by atoms with E-state index in [0.29, 0.717) is 19.3 Å². The molecule has 0 fully saturated rings. The molecule has 1 heterocycles. The number of hydrogen-bond acceptors (Lipinski definition) is 3. The van der Waals surface area contributed by atoms with Crippen LogP contribution in [0, 0.1) is 6.20 Å². The number of imidazole rings is 1. The minimum atomic E-state index is 0.293. The molecule has 0 amide bonds. The third-order valence-corrected chi connectivity index (χ3v) is 2.14. The largest absolute Gasteiger partial charge is 0.379 e. The number of hydrogen-bond donors (Lipinski definition) is 0. The van der Waals surface area contributed by atoms with Gasteiger partial charge in [0.15, 0.2) is 0 Å². The fraction of sp³-hybridized carbons (Fsp3) is 0.750. The van der Waals surface area contributed by atoms with E-state index in [4.69, 9.17) is 9.47 Å². The SMILES string of the molecule is CC(C)OCCOCCCCn1c[c]nc1. The van der Waals surface area contributed by atoms with Gasteiger partial charge in [-0.1, -0.05) is 0 Å². The highest BCUT2D eigenvalue weighted by molar-refractivity contribution is 4.71. The van der Waals surface area contributed by atoms with Gasteiger partial charge >= 0.3 is 0 Å². The lowest BCUT2D eigenvalue weighted by Crippen LogP contribution is -2.10. The molecule has 0 aromatic carbocycles. The van der Waals surface area contributed by atoms with Crippen molar-refractivity contribution >= 4 is 0 Å². The lowest BCUT2D eigenvalue weighted by Gasteiger charge is -2.08. The van der Waals surface area contributed by atoms with Crippen LogP contribution in [0.3, 0.4) is 0 Å². The van der Waals surface area contributed by atoms with Crippen molar-refractivity contribution in [2.75, 3.05) is 19.8 Å². The fourth-order valence-electron chi connectivity index (χ4n) is 1.31. The smallest absolute Gasteiger partial charge is 0.108 e. The van der Waals surface area contributed by atoms with Crippen LogP contribution >= 0.6 is 0 Å². The maximum absolute atomic E-state index is 5.45. The van der Waals surface area contributed by atoms with E-state index in [1.807, 2.05) is 24.6 Å². The van der Waals surface area contributed by atoms with E-state index in [2.05, 4.69) is 11.2 Å². The molecule has 91 valence electrons. The van der Waals surface area contributed by atoms with Crippen molar-refractivity contribution in [3.05, 3.63) is 18.7 Å². The number of unbranched alkanes of at least 4 members (excludes halogenated alkanes) is 1. The van der Waals surface area contributed by atoms with Gasteiger partial charge in [-0.05, 0) is 26.7 Å². The van der Waals surface area contributed by atoms with E-state index in [1.165, 1.54) is 0 Å². The highest BCUT2D eigenvalue weighted by atomic mass is 16.5. The summed E-state index contributed by atoms with van der Waals surface area (Å²) in [6, 6.07) is 0. The summed E-state index contributed by atoms with van der Waals surface area (Å²) in [5.74, 6) is 0. The van der Waals surface area contributed by atoms with Crippen molar-refractivity contribution in [3.8, 4) is 0 Å². The molecule has 0 aliphatic carbocycles. The summed E-state index contributed by atoms with van der Waals surface area (Å²) in [4.78, 5) is 3.87. The van der Waals surface area contributed by atoms with Crippen LogP contribution in [0.2, 0.25) is 0 Å². The Bertz CT molecular complexity index is 248. The van der Waals surface area contributed by atoms with Gasteiger partial charge in [0, 0.05) is 19.3 Å². The molecule has 0 bridgehead atoms. The van der Waals surface area contributed by atoms with E-state index in [-0.39, 0.29) is 0 Å². The molecular weight excluding hydrogens is 204 g/mol. The van der Waals surface area contributed by atoms with Crippen molar-refractivity contribution in [3.63, 3.8) is 0 Å². The number of nitrogens with zero attached hydrogens (tertiary/aromatic N) is 2. The minimum absolute atomic E-state index is 0.293. The van der Waals surface area contributed by atoms with Gasteiger partial charge in [0.05, 0.1) is 25.6 Å². The van der Waals surface area contributed by atoms with Crippen LogP contribution in [-0.2, 0) is 16.0 Å². The summed E-state index contributed by atoms with van der Waals surface area (Å²) >= 11 is 0.